The molecule has 4 nitrogen and oxygen atoms in total. The fourth-order valence-electron chi connectivity index (χ4n) is 2.00. The van der Waals surface area contributed by atoms with Gasteiger partial charge in [-0.2, -0.15) is 0 Å². The van der Waals surface area contributed by atoms with Crippen LogP contribution in [0, 0.1) is 0 Å². The first-order chi connectivity index (χ1) is 10.7. The van der Waals surface area contributed by atoms with Gasteiger partial charge in [0.25, 0.3) is 0 Å². The summed E-state index contributed by atoms with van der Waals surface area (Å²) in [7, 11) is 1.58. The van der Waals surface area contributed by atoms with Crippen molar-refractivity contribution < 1.29 is 19.4 Å². The normalized spacial score (nSPS) is 11.7. The summed E-state index contributed by atoms with van der Waals surface area (Å²) in [5, 5.41) is 8.84. The number of para-hydroxylation sites is 1. The molecule has 0 aliphatic carbocycles. The molecule has 1 N–H and O–H groups in total. The van der Waals surface area contributed by atoms with Gasteiger partial charge in [-0.3, -0.25) is 4.79 Å². The first kappa shape index (κ1) is 16.2. The van der Waals surface area contributed by atoms with Crippen molar-refractivity contribution in [1.29, 1.82) is 0 Å². The maximum Gasteiger partial charge on any atom is 0.324 e. The van der Waals surface area contributed by atoms with Crippen LogP contribution in [0.5, 0.6) is 11.5 Å². The highest BCUT2D eigenvalue weighted by Gasteiger charge is 2.26. The summed E-state index contributed by atoms with van der Waals surface area (Å²) in [6.07, 6.45) is 0. The Morgan fingerprint density at radius 1 is 1.18 bits per heavy atom. The number of rotatable bonds is 6. The molecule has 5 heteroatoms. The van der Waals surface area contributed by atoms with Gasteiger partial charge in [-0.25, -0.2) is 0 Å². The van der Waals surface area contributed by atoms with E-state index in [-0.39, 0.29) is 11.7 Å². The average Bonchev–Trinajstić information content (AvgIpc) is 2.54. The third kappa shape index (κ3) is 3.95. The Bertz CT molecular complexity index is 625. The predicted octanol–water partition coefficient (Wildman–Crippen LogP) is 3.80. The molecule has 1 unspecified atom stereocenters. The fraction of sp³-hybridized carbons (Fsp3) is 0.235. The van der Waals surface area contributed by atoms with Crippen molar-refractivity contribution in [2.75, 3.05) is 13.7 Å². The van der Waals surface area contributed by atoms with Crippen molar-refractivity contribution >= 4 is 17.7 Å². The number of methoxy groups -OCH3 is 1. The Morgan fingerprint density at radius 2 is 1.86 bits per heavy atom. The molecule has 0 aromatic heterocycles. The maximum atomic E-state index is 12.3. The van der Waals surface area contributed by atoms with Gasteiger partial charge in [0.1, 0.15) is 16.7 Å². The van der Waals surface area contributed by atoms with Crippen LogP contribution in [0.3, 0.4) is 0 Å². The Kier molecular flexibility index (Phi) is 5.72. The third-order valence-corrected chi connectivity index (χ3v) is 4.24. The molecule has 0 bridgehead atoms. The molecular formula is C17H18O4S. The maximum absolute atomic E-state index is 12.3. The summed E-state index contributed by atoms with van der Waals surface area (Å²) >= 11 is 1.36. The smallest absolute Gasteiger partial charge is 0.324 e. The first-order valence-electron chi connectivity index (χ1n) is 6.91. The number of benzene rings is 2. The number of hydrogen-bond donors (Lipinski definition) is 1. The number of phenolic OH excluding ortho intramolecular Hbond substituents is 1. The van der Waals surface area contributed by atoms with E-state index < -0.39 is 5.25 Å². The Balaban J connectivity index is 2.34. The van der Waals surface area contributed by atoms with Crippen LogP contribution in [-0.2, 0) is 9.53 Å². The zero-order valence-electron chi connectivity index (χ0n) is 12.5. The van der Waals surface area contributed by atoms with Crippen LogP contribution in [0.1, 0.15) is 17.7 Å². The second-order valence-electron chi connectivity index (χ2n) is 4.49. The van der Waals surface area contributed by atoms with Gasteiger partial charge >= 0.3 is 5.97 Å². The highest BCUT2D eigenvalue weighted by Crippen LogP contribution is 2.40. The van der Waals surface area contributed by atoms with Crippen LogP contribution in [-0.4, -0.2) is 24.8 Å². The summed E-state index contributed by atoms with van der Waals surface area (Å²) in [5.74, 6) is 0.520. The average molecular weight is 318 g/mol. The van der Waals surface area contributed by atoms with Gasteiger partial charge in [-0.05, 0) is 37.3 Å². The van der Waals surface area contributed by atoms with Gasteiger partial charge in [-0.1, -0.05) is 18.2 Å². The largest absolute Gasteiger partial charge is 0.508 e. The molecule has 0 heterocycles. The lowest BCUT2D eigenvalue weighted by atomic mass is 10.1. The van der Waals surface area contributed by atoms with Crippen molar-refractivity contribution in [1.82, 2.24) is 0 Å². The molecule has 0 amide bonds. The number of carbonyl (C=O) groups is 1. The molecule has 0 aliphatic heterocycles. The first-order valence-corrected chi connectivity index (χ1v) is 7.79. The SMILES string of the molecule is CCOC(=O)C(Sc1ccc(O)cc1)c1ccccc1OC. The van der Waals surface area contributed by atoms with Crippen molar-refractivity contribution in [3.63, 3.8) is 0 Å². The number of thioether (sulfide) groups is 1. The summed E-state index contributed by atoms with van der Waals surface area (Å²) in [6, 6.07) is 14.1. The Labute approximate surface area is 134 Å². The fourth-order valence-corrected chi connectivity index (χ4v) is 3.05. The van der Waals surface area contributed by atoms with Crippen LogP contribution in [0.2, 0.25) is 0 Å². The lowest BCUT2D eigenvalue weighted by molar-refractivity contribution is -0.142. The third-order valence-electron chi connectivity index (χ3n) is 3.01. The van der Waals surface area contributed by atoms with E-state index in [1.54, 1.807) is 38.3 Å². The Hall–Kier alpha value is -2.14. The molecule has 116 valence electrons. The minimum Gasteiger partial charge on any atom is -0.508 e. The Morgan fingerprint density at radius 3 is 2.50 bits per heavy atom. The number of esters is 1. The number of phenols is 1. The second-order valence-corrected chi connectivity index (χ2v) is 5.66. The zero-order chi connectivity index (χ0) is 15.9. The highest BCUT2D eigenvalue weighted by molar-refractivity contribution is 8.00. The molecule has 0 radical (unpaired) electrons. The molecule has 1 atom stereocenters. The predicted molar refractivity (Wildman–Crippen MR) is 86.3 cm³/mol. The van der Waals surface area contributed by atoms with Crippen molar-refractivity contribution in [2.45, 2.75) is 17.1 Å². The van der Waals surface area contributed by atoms with Gasteiger partial charge in [-0.15, -0.1) is 11.8 Å². The van der Waals surface area contributed by atoms with E-state index in [0.717, 1.165) is 10.5 Å². The second kappa shape index (κ2) is 7.75. The number of hydrogen-bond acceptors (Lipinski definition) is 5. The van der Waals surface area contributed by atoms with E-state index in [0.29, 0.717) is 12.4 Å². The minimum absolute atomic E-state index is 0.189. The van der Waals surface area contributed by atoms with Gasteiger partial charge in [0.2, 0.25) is 0 Å². The molecule has 0 saturated carbocycles. The molecular weight excluding hydrogens is 300 g/mol. The lowest BCUT2D eigenvalue weighted by Crippen LogP contribution is -2.14. The highest BCUT2D eigenvalue weighted by atomic mass is 32.2. The van der Waals surface area contributed by atoms with Gasteiger partial charge in [0, 0.05) is 10.5 Å². The van der Waals surface area contributed by atoms with Crippen molar-refractivity contribution in [3.05, 3.63) is 54.1 Å². The molecule has 0 fully saturated rings. The molecule has 2 rings (SSSR count). The van der Waals surface area contributed by atoms with E-state index >= 15 is 0 Å². The van der Waals surface area contributed by atoms with Crippen molar-refractivity contribution in [2.24, 2.45) is 0 Å². The number of carbonyl (C=O) groups excluding carboxylic acids is 1. The van der Waals surface area contributed by atoms with E-state index in [4.69, 9.17) is 9.47 Å². The topological polar surface area (TPSA) is 55.8 Å². The summed E-state index contributed by atoms with van der Waals surface area (Å²) < 4.78 is 10.5. The molecule has 2 aromatic carbocycles. The van der Waals surface area contributed by atoms with Gasteiger partial charge in [0.15, 0.2) is 0 Å². The molecule has 0 aliphatic rings. The van der Waals surface area contributed by atoms with Gasteiger partial charge < -0.3 is 14.6 Å². The van der Waals surface area contributed by atoms with Crippen molar-refractivity contribution in [3.8, 4) is 11.5 Å². The quantitative estimate of drug-likeness (QED) is 0.648. The van der Waals surface area contributed by atoms with Crippen LogP contribution in [0.15, 0.2) is 53.4 Å². The molecule has 0 spiro atoms. The summed E-state index contributed by atoms with van der Waals surface area (Å²) in [4.78, 5) is 13.2. The van der Waals surface area contributed by atoms with Crippen LogP contribution >= 0.6 is 11.8 Å². The molecule has 0 saturated heterocycles. The molecule has 22 heavy (non-hydrogen) atoms. The van der Waals surface area contributed by atoms with E-state index in [1.807, 2.05) is 24.3 Å². The monoisotopic (exact) mass is 318 g/mol. The number of aromatic hydroxyl groups is 1. The van der Waals surface area contributed by atoms with E-state index in [9.17, 15) is 9.90 Å². The van der Waals surface area contributed by atoms with Crippen LogP contribution in [0.4, 0.5) is 0 Å². The summed E-state index contributed by atoms with van der Waals surface area (Å²) in [6.45, 7) is 2.10. The zero-order valence-corrected chi connectivity index (χ0v) is 13.3. The minimum atomic E-state index is -0.527. The molecule has 2 aromatic rings. The van der Waals surface area contributed by atoms with Gasteiger partial charge in [0.05, 0.1) is 13.7 Å². The standard InChI is InChI=1S/C17H18O4S/c1-3-21-17(19)16(14-6-4-5-7-15(14)20-2)22-13-10-8-12(18)9-11-13/h4-11,16,18H,3H2,1-2H3. The number of ether oxygens (including phenoxy) is 2. The van der Waals surface area contributed by atoms with Crippen LogP contribution < -0.4 is 4.74 Å². The summed E-state index contributed by atoms with van der Waals surface area (Å²) in [5.41, 5.74) is 0.765. The van der Waals surface area contributed by atoms with E-state index in [1.165, 1.54) is 11.8 Å². The lowest BCUT2D eigenvalue weighted by Gasteiger charge is -2.18. The van der Waals surface area contributed by atoms with Crippen LogP contribution in [0.25, 0.3) is 0 Å². The van der Waals surface area contributed by atoms with E-state index in [2.05, 4.69) is 0 Å².